The summed E-state index contributed by atoms with van der Waals surface area (Å²) in [6, 6.07) is -2.59. The number of methoxy groups -OCH3 is 2. The zero-order valence-electron chi connectivity index (χ0n) is 17.4. The molecule has 0 bridgehead atoms. The Morgan fingerprint density at radius 2 is 1.90 bits per heavy atom. The molecule has 2 rings (SSSR count). The van der Waals surface area contributed by atoms with Crippen molar-refractivity contribution in [2.75, 3.05) is 27.4 Å². The lowest BCUT2D eigenvalue weighted by atomic mass is 10.2. The van der Waals surface area contributed by atoms with Crippen LogP contribution in [0.1, 0.15) is 26.2 Å². The fourth-order valence-corrected chi connectivity index (χ4v) is 3.41. The van der Waals surface area contributed by atoms with Crippen LogP contribution in [0.4, 0.5) is 0 Å². The molecule has 31 heavy (non-hydrogen) atoms. The number of nitrogens with one attached hydrogen (secondary N) is 1. The Morgan fingerprint density at radius 3 is 2.39 bits per heavy atom. The van der Waals surface area contributed by atoms with Gasteiger partial charge in [-0.25, -0.2) is 14.6 Å². The van der Waals surface area contributed by atoms with E-state index in [1.165, 1.54) is 27.3 Å². The van der Waals surface area contributed by atoms with Crippen LogP contribution < -0.4 is 11.1 Å². The van der Waals surface area contributed by atoms with Crippen LogP contribution in [-0.4, -0.2) is 72.3 Å². The summed E-state index contributed by atoms with van der Waals surface area (Å²) < 4.78 is 19.8. The number of aliphatic carboxylic acids is 1. The number of aryl methyl sites for hydroxylation is 2. The second kappa shape index (κ2) is 10.8. The monoisotopic (exact) mass is 457 g/mol. The van der Waals surface area contributed by atoms with Crippen LogP contribution in [0.15, 0.2) is 19.8 Å². The van der Waals surface area contributed by atoms with Crippen LogP contribution in [0, 0.1) is 13.8 Å². The van der Waals surface area contributed by atoms with Gasteiger partial charge in [-0.15, -0.1) is 11.3 Å². The number of carbonyl (C=O) groups is 3. The number of carboxylic acid groups (broad SMARTS) is 1. The minimum atomic E-state index is -1.34. The van der Waals surface area contributed by atoms with Crippen LogP contribution in [-0.2, 0) is 25.6 Å². The number of nitrogens with zero attached hydrogens (tertiary/aromatic N) is 2. The number of carboxylic acids is 1. The number of carbonyl (C=O) groups excluding carboxylic acids is 2. The van der Waals surface area contributed by atoms with E-state index in [9.17, 15) is 24.3 Å². The molecule has 13 heteroatoms. The average molecular weight is 457 g/mol. The summed E-state index contributed by atoms with van der Waals surface area (Å²) in [4.78, 5) is 54.4. The lowest BCUT2D eigenvalue weighted by Gasteiger charge is -2.30. The molecule has 170 valence electrons. The molecule has 12 nitrogen and oxygen atoms in total. The molecule has 0 aliphatic carbocycles. The third-order valence-electron chi connectivity index (χ3n) is 4.19. The van der Waals surface area contributed by atoms with Gasteiger partial charge in [-0.3, -0.25) is 9.59 Å². The summed E-state index contributed by atoms with van der Waals surface area (Å²) in [6.07, 6.45) is 1.36. The van der Waals surface area contributed by atoms with Crippen molar-refractivity contribution in [1.29, 1.82) is 0 Å². The molecule has 0 saturated heterocycles. The molecule has 1 unspecified atom stereocenters. The molecule has 2 N–H and O–H groups in total. The van der Waals surface area contributed by atoms with Gasteiger partial charge in [0, 0.05) is 14.2 Å². The molecule has 0 aromatic carbocycles. The number of thiazole rings is 1. The Kier molecular flexibility index (Phi) is 8.47. The Hall–Kier alpha value is -3.03. The fourth-order valence-electron chi connectivity index (χ4n) is 2.67. The molecule has 2 aromatic rings. The molecule has 2 heterocycles. The van der Waals surface area contributed by atoms with Crippen molar-refractivity contribution in [2.45, 2.75) is 32.5 Å². The molecule has 0 aliphatic heterocycles. The smallest absolute Gasteiger partial charge is 0.480 e. The van der Waals surface area contributed by atoms with Gasteiger partial charge < -0.3 is 33.6 Å². The molecule has 0 spiro atoms. The Morgan fingerprint density at radius 1 is 1.23 bits per heavy atom. The van der Waals surface area contributed by atoms with Crippen molar-refractivity contribution in [3.05, 3.63) is 38.2 Å². The molecular formula is C18H23N3O9S. The predicted molar refractivity (Wildman–Crippen MR) is 106 cm³/mol. The van der Waals surface area contributed by atoms with Crippen molar-refractivity contribution in [3.63, 3.8) is 0 Å². The van der Waals surface area contributed by atoms with Gasteiger partial charge in [-0.1, -0.05) is 0 Å². The number of rotatable bonds is 11. The van der Waals surface area contributed by atoms with E-state index in [0.29, 0.717) is 5.01 Å². The van der Waals surface area contributed by atoms with Gasteiger partial charge in [0.05, 0.1) is 31.0 Å². The van der Waals surface area contributed by atoms with Gasteiger partial charge in [-0.05, 0) is 13.8 Å². The van der Waals surface area contributed by atoms with Crippen molar-refractivity contribution in [2.24, 2.45) is 0 Å². The molecular weight excluding hydrogens is 434 g/mol. The highest BCUT2D eigenvalue weighted by atomic mass is 32.1. The number of hydrogen-bond acceptors (Lipinski definition) is 10. The predicted octanol–water partition coefficient (Wildman–Crippen LogP) is 0.179. The first-order valence-corrected chi connectivity index (χ1v) is 9.83. The average Bonchev–Trinajstić information content (AvgIpc) is 3.28. The van der Waals surface area contributed by atoms with Crippen LogP contribution in [0.5, 0.6) is 0 Å². The summed E-state index contributed by atoms with van der Waals surface area (Å²) in [6.45, 7) is 2.36. The normalized spacial score (nSPS) is 12.9. The highest BCUT2D eigenvalue weighted by molar-refractivity contribution is 7.13. The third kappa shape index (κ3) is 6.23. The molecule has 2 atom stereocenters. The van der Waals surface area contributed by atoms with E-state index in [1.807, 2.05) is 0 Å². The minimum absolute atomic E-state index is 0.0418. The zero-order valence-corrected chi connectivity index (χ0v) is 18.2. The summed E-state index contributed by atoms with van der Waals surface area (Å²) in [5.41, 5.74) is 0. The highest BCUT2D eigenvalue weighted by Crippen LogP contribution is 2.20. The Labute approximate surface area is 180 Å². The van der Waals surface area contributed by atoms with Crippen LogP contribution in [0.25, 0.3) is 0 Å². The zero-order chi connectivity index (χ0) is 23.1. The van der Waals surface area contributed by atoms with Crippen molar-refractivity contribution < 1.29 is 37.8 Å². The first-order chi connectivity index (χ1) is 14.7. The number of hydrogen-bond donors (Lipinski definition) is 2. The van der Waals surface area contributed by atoms with Crippen molar-refractivity contribution >= 4 is 29.1 Å². The van der Waals surface area contributed by atoms with E-state index in [2.05, 4.69) is 10.3 Å². The molecule has 0 aliphatic rings. The number of ether oxygens (including phenoxy) is 2. The van der Waals surface area contributed by atoms with Crippen LogP contribution in [0.2, 0.25) is 0 Å². The molecule has 0 radical (unpaired) electrons. The maximum absolute atomic E-state index is 13.2. The second-order valence-electron chi connectivity index (χ2n) is 6.44. The van der Waals surface area contributed by atoms with Gasteiger partial charge in [0.1, 0.15) is 16.7 Å². The summed E-state index contributed by atoms with van der Waals surface area (Å²) >= 11 is 1.11. The van der Waals surface area contributed by atoms with Crippen molar-refractivity contribution in [3.8, 4) is 0 Å². The van der Waals surface area contributed by atoms with E-state index >= 15 is 0 Å². The largest absolute Gasteiger partial charge is 0.519 e. The number of amides is 2. The van der Waals surface area contributed by atoms with Gasteiger partial charge in [0.25, 0.3) is 5.91 Å². The fraction of sp³-hybridized carbons (Fsp3) is 0.500. The summed E-state index contributed by atoms with van der Waals surface area (Å²) in [5.74, 6) is -3.44. The molecule has 0 saturated carbocycles. The van der Waals surface area contributed by atoms with E-state index < -0.39 is 35.7 Å². The van der Waals surface area contributed by atoms with E-state index in [4.69, 9.17) is 18.3 Å². The second-order valence-corrected chi connectivity index (χ2v) is 7.67. The Balaban J connectivity index is 2.41. The maximum atomic E-state index is 13.2. The summed E-state index contributed by atoms with van der Waals surface area (Å²) in [5, 5.41) is 12.3. The lowest BCUT2D eigenvalue weighted by molar-refractivity contribution is -0.144. The molecule has 0 fully saturated rings. The summed E-state index contributed by atoms with van der Waals surface area (Å²) in [7, 11) is 2.62. The van der Waals surface area contributed by atoms with Crippen molar-refractivity contribution in [1.82, 2.24) is 15.2 Å². The highest BCUT2D eigenvalue weighted by Gasteiger charge is 2.35. The first kappa shape index (κ1) is 24.2. The van der Waals surface area contributed by atoms with Gasteiger partial charge in [0.2, 0.25) is 5.91 Å². The van der Waals surface area contributed by atoms with E-state index in [1.54, 1.807) is 6.92 Å². The lowest BCUT2D eigenvalue weighted by Crippen LogP contribution is -2.55. The maximum Gasteiger partial charge on any atom is 0.519 e. The first-order valence-electron chi connectivity index (χ1n) is 9.01. The SMILES string of the molecule is COCC(NC(=O)[C@H](COC)N(Cc1oc(=O)oc1C)C(=O)c1cnc(C)s1)C(=O)O. The van der Waals surface area contributed by atoms with Gasteiger partial charge in [-0.2, -0.15) is 0 Å². The molecule has 2 aromatic heterocycles. The van der Waals surface area contributed by atoms with Gasteiger partial charge in [0.15, 0.2) is 11.8 Å². The molecule has 2 amide bonds. The number of aromatic nitrogens is 1. The Bertz CT molecular complexity index is 980. The third-order valence-corrected chi connectivity index (χ3v) is 5.09. The topological polar surface area (TPSA) is 161 Å². The van der Waals surface area contributed by atoms with Crippen LogP contribution in [0.3, 0.4) is 0 Å². The minimum Gasteiger partial charge on any atom is -0.480 e. The van der Waals surface area contributed by atoms with E-state index in [0.717, 1.165) is 16.2 Å². The van der Waals surface area contributed by atoms with Gasteiger partial charge >= 0.3 is 11.8 Å². The van der Waals surface area contributed by atoms with Crippen LogP contribution >= 0.6 is 11.3 Å². The standard InChI is InChI=1S/C18H23N3O9S/c1-9-13(30-18(26)29-9)6-21(16(23)14-5-19-10(2)31-14)12(8-28-4)15(22)20-11(7-27-3)17(24)25/h5,11-12H,6-8H2,1-4H3,(H,20,22)(H,24,25)/t11?,12-/m0/s1. The van der Waals surface area contributed by atoms with E-state index in [-0.39, 0.29) is 36.2 Å². The quantitative estimate of drug-likeness (QED) is 0.476.